The number of hydrogen-bond donors (Lipinski definition) is 2. The average molecular weight is 261 g/mol. The molecule has 18 heavy (non-hydrogen) atoms. The number of aromatic nitrogens is 2. The van der Waals surface area contributed by atoms with E-state index in [9.17, 15) is 13.6 Å². The second-order valence-corrected chi connectivity index (χ2v) is 4.49. The van der Waals surface area contributed by atoms with E-state index in [1.807, 2.05) is 13.8 Å². The highest BCUT2D eigenvalue weighted by Crippen LogP contribution is 2.11. The first-order valence-electron chi connectivity index (χ1n) is 5.64. The van der Waals surface area contributed by atoms with Crippen molar-refractivity contribution in [1.29, 1.82) is 0 Å². The standard InChI is InChI=1S/C11H17F2N3O2/c1-8(2)5-16-4-3-14-9(10(16)18)15-6-11(12,13)7-17/h3-4,8,17H,5-7H2,1-2H3,(H,14,15). The number of aliphatic hydroxyl groups is 1. The molecule has 0 aliphatic heterocycles. The van der Waals surface area contributed by atoms with Crippen molar-refractivity contribution >= 4 is 5.82 Å². The zero-order valence-corrected chi connectivity index (χ0v) is 10.4. The molecule has 0 amide bonds. The number of rotatable bonds is 6. The molecule has 0 bridgehead atoms. The van der Waals surface area contributed by atoms with Crippen LogP contribution in [-0.2, 0) is 6.54 Å². The number of aliphatic hydroxyl groups excluding tert-OH is 1. The van der Waals surface area contributed by atoms with E-state index in [2.05, 4.69) is 10.3 Å². The molecule has 0 fully saturated rings. The molecule has 0 radical (unpaired) electrons. The van der Waals surface area contributed by atoms with Crippen LogP contribution in [0.5, 0.6) is 0 Å². The van der Waals surface area contributed by atoms with Crippen molar-refractivity contribution in [3.8, 4) is 0 Å². The topological polar surface area (TPSA) is 67.2 Å². The maximum absolute atomic E-state index is 12.8. The molecule has 2 N–H and O–H groups in total. The summed E-state index contributed by atoms with van der Waals surface area (Å²) in [6, 6.07) is 0. The third-order valence-electron chi connectivity index (χ3n) is 2.22. The molecule has 5 nitrogen and oxygen atoms in total. The lowest BCUT2D eigenvalue weighted by atomic mass is 10.2. The number of halogens is 2. The lowest BCUT2D eigenvalue weighted by Gasteiger charge is -2.15. The number of nitrogens with one attached hydrogen (secondary N) is 1. The normalized spacial score (nSPS) is 11.9. The summed E-state index contributed by atoms with van der Waals surface area (Å²) in [7, 11) is 0. The van der Waals surface area contributed by atoms with Gasteiger partial charge in [-0.3, -0.25) is 4.79 Å². The van der Waals surface area contributed by atoms with Crippen molar-refractivity contribution in [2.75, 3.05) is 18.5 Å². The van der Waals surface area contributed by atoms with Crippen LogP contribution < -0.4 is 10.9 Å². The molecule has 0 aromatic carbocycles. The quantitative estimate of drug-likeness (QED) is 0.799. The molecule has 0 saturated heterocycles. The van der Waals surface area contributed by atoms with E-state index in [0.29, 0.717) is 6.54 Å². The summed E-state index contributed by atoms with van der Waals surface area (Å²) in [6.45, 7) is 2.29. The molecular formula is C11H17F2N3O2. The molecule has 0 atom stereocenters. The van der Waals surface area contributed by atoms with Crippen LogP contribution in [0, 0.1) is 5.92 Å². The largest absolute Gasteiger partial charge is 0.390 e. The SMILES string of the molecule is CC(C)Cn1ccnc(NCC(F)(F)CO)c1=O. The molecule has 1 rings (SSSR count). The van der Waals surface area contributed by atoms with Crippen LogP contribution in [-0.4, -0.2) is 33.7 Å². The van der Waals surface area contributed by atoms with Gasteiger partial charge in [-0.2, -0.15) is 0 Å². The molecule has 0 unspecified atom stereocenters. The minimum absolute atomic E-state index is 0.133. The molecule has 0 aliphatic rings. The summed E-state index contributed by atoms with van der Waals surface area (Å²) in [6.07, 6.45) is 2.89. The van der Waals surface area contributed by atoms with E-state index in [-0.39, 0.29) is 11.7 Å². The summed E-state index contributed by atoms with van der Waals surface area (Å²) < 4.78 is 27.1. The molecular weight excluding hydrogens is 244 g/mol. The van der Waals surface area contributed by atoms with Crippen LogP contribution in [0.3, 0.4) is 0 Å². The lowest BCUT2D eigenvalue weighted by molar-refractivity contribution is -0.0373. The smallest absolute Gasteiger partial charge is 0.293 e. The van der Waals surface area contributed by atoms with Gasteiger partial charge in [0.25, 0.3) is 11.5 Å². The van der Waals surface area contributed by atoms with Gasteiger partial charge in [0.15, 0.2) is 5.82 Å². The number of nitrogens with zero attached hydrogens (tertiary/aromatic N) is 2. The van der Waals surface area contributed by atoms with Crippen molar-refractivity contribution < 1.29 is 13.9 Å². The van der Waals surface area contributed by atoms with Gasteiger partial charge >= 0.3 is 0 Å². The summed E-state index contributed by atoms with van der Waals surface area (Å²) in [5.41, 5.74) is -0.445. The summed E-state index contributed by atoms with van der Waals surface area (Å²) in [4.78, 5) is 15.6. The van der Waals surface area contributed by atoms with Gasteiger partial charge in [0, 0.05) is 18.9 Å². The maximum atomic E-state index is 12.8. The average Bonchev–Trinajstić information content (AvgIpc) is 2.30. The Hall–Kier alpha value is -1.50. The molecule has 102 valence electrons. The second-order valence-electron chi connectivity index (χ2n) is 4.49. The van der Waals surface area contributed by atoms with Gasteiger partial charge in [0.2, 0.25) is 0 Å². The molecule has 1 aromatic rings. The molecule has 0 spiro atoms. The van der Waals surface area contributed by atoms with Crippen LogP contribution in [0.25, 0.3) is 0 Å². The fraction of sp³-hybridized carbons (Fsp3) is 0.636. The Morgan fingerprint density at radius 1 is 1.56 bits per heavy atom. The van der Waals surface area contributed by atoms with Gasteiger partial charge in [-0.25, -0.2) is 13.8 Å². The Morgan fingerprint density at radius 3 is 2.78 bits per heavy atom. The third kappa shape index (κ3) is 4.06. The Bertz CT molecular complexity index is 446. The molecule has 7 heteroatoms. The monoisotopic (exact) mass is 261 g/mol. The van der Waals surface area contributed by atoms with Crippen molar-refractivity contribution in [3.63, 3.8) is 0 Å². The van der Waals surface area contributed by atoms with Gasteiger partial charge in [0.05, 0.1) is 6.54 Å². The minimum Gasteiger partial charge on any atom is -0.390 e. The fourth-order valence-corrected chi connectivity index (χ4v) is 1.37. The Balaban J connectivity index is 2.81. The van der Waals surface area contributed by atoms with Gasteiger partial charge in [-0.05, 0) is 5.92 Å². The first kappa shape index (κ1) is 14.6. The second kappa shape index (κ2) is 5.90. The van der Waals surface area contributed by atoms with E-state index in [4.69, 9.17) is 5.11 Å². The zero-order chi connectivity index (χ0) is 13.8. The van der Waals surface area contributed by atoms with E-state index in [0.717, 1.165) is 0 Å². The lowest BCUT2D eigenvalue weighted by Crippen LogP contribution is -2.34. The molecule has 0 saturated carbocycles. The van der Waals surface area contributed by atoms with Crippen LogP contribution in [0.1, 0.15) is 13.8 Å². The van der Waals surface area contributed by atoms with Crippen molar-refractivity contribution in [2.24, 2.45) is 5.92 Å². The predicted molar refractivity (Wildman–Crippen MR) is 63.9 cm³/mol. The van der Waals surface area contributed by atoms with Crippen molar-refractivity contribution in [3.05, 3.63) is 22.7 Å². The van der Waals surface area contributed by atoms with E-state index >= 15 is 0 Å². The number of alkyl halides is 2. The predicted octanol–water partition coefficient (Wildman–Crippen LogP) is 0.939. The Morgan fingerprint density at radius 2 is 2.22 bits per heavy atom. The van der Waals surface area contributed by atoms with Gasteiger partial charge in [-0.15, -0.1) is 0 Å². The first-order valence-corrected chi connectivity index (χ1v) is 5.64. The van der Waals surface area contributed by atoms with Crippen molar-refractivity contribution in [1.82, 2.24) is 9.55 Å². The third-order valence-corrected chi connectivity index (χ3v) is 2.22. The van der Waals surface area contributed by atoms with Crippen LogP contribution in [0.4, 0.5) is 14.6 Å². The van der Waals surface area contributed by atoms with Crippen LogP contribution >= 0.6 is 0 Å². The van der Waals surface area contributed by atoms with Crippen molar-refractivity contribution in [2.45, 2.75) is 26.3 Å². The highest BCUT2D eigenvalue weighted by atomic mass is 19.3. The Kier molecular flexibility index (Phi) is 4.77. The van der Waals surface area contributed by atoms with Crippen LogP contribution in [0.15, 0.2) is 17.2 Å². The summed E-state index contributed by atoms with van der Waals surface area (Å²) in [5, 5.41) is 10.7. The van der Waals surface area contributed by atoms with E-state index in [1.165, 1.54) is 17.0 Å². The summed E-state index contributed by atoms with van der Waals surface area (Å²) >= 11 is 0. The highest BCUT2D eigenvalue weighted by molar-refractivity contribution is 5.31. The Labute approximate surface area is 103 Å². The van der Waals surface area contributed by atoms with Gasteiger partial charge in [0.1, 0.15) is 6.61 Å². The zero-order valence-electron chi connectivity index (χ0n) is 10.4. The molecule has 1 heterocycles. The number of hydrogen-bond acceptors (Lipinski definition) is 4. The fourth-order valence-electron chi connectivity index (χ4n) is 1.37. The summed E-state index contributed by atoms with van der Waals surface area (Å²) in [5.74, 6) is -3.14. The maximum Gasteiger partial charge on any atom is 0.293 e. The van der Waals surface area contributed by atoms with Gasteiger partial charge in [-0.1, -0.05) is 13.8 Å². The highest BCUT2D eigenvalue weighted by Gasteiger charge is 2.27. The van der Waals surface area contributed by atoms with E-state index < -0.39 is 24.6 Å². The van der Waals surface area contributed by atoms with E-state index in [1.54, 1.807) is 0 Å². The first-order chi connectivity index (χ1) is 8.35. The minimum atomic E-state index is -3.27. The molecule has 1 aromatic heterocycles. The number of anilines is 1. The van der Waals surface area contributed by atoms with Gasteiger partial charge < -0.3 is 15.0 Å². The van der Waals surface area contributed by atoms with Crippen LogP contribution in [0.2, 0.25) is 0 Å². The molecule has 0 aliphatic carbocycles.